The van der Waals surface area contributed by atoms with Crippen LogP contribution in [0.5, 0.6) is 0 Å². The SMILES string of the molecule is Cc1cccc(CNC2CCCNC(=O)C2)n1. The first kappa shape index (κ1) is 12.0. The van der Waals surface area contributed by atoms with Crippen LogP contribution in [0.3, 0.4) is 0 Å². The summed E-state index contributed by atoms with van der Waals surface area (Å²) in [7, 11) is 0. The number of carbonyl (C=O) groups excluding carboxylic acids is 1. The molecule has 0 spiro atoms. The van der Waals surface area contributed by atoms with E-state index in [1.54, 1.807) is 0 Å². The van der Waals surface area contributed by atoms with Crippen molar-refractivity contribution in [2.45, 2.75) is 38.8 Å². The minimum atomic E-state index is 0.150. The number of aryl methyl sites for hydroxylation is 1. The summed E-state index contributed by atoms with van der Waals surface area (Å²) in [4.78, 5) is 15.8. The Balaban J connectivity index is 1.86. The highest BCUT2D eigenvalue weighted by molar-refractivity contribution is 5.76. The van der Waals surface area contributed by atoms with Gasteiger partial charge in [0.25, 0.3) is 0 Å². The fraction of sp³-hybridized carbons (Fsp3) is 0.538. The molecular weight excluding hydrogens is 214 g/mol. The highest BCUT2D eigenvalue weighted by Crippen LogP contribution is 2.07. The lowest BCUT2D eigenvalue weighted by atomic mass is 10.1. The fourth-order valence-electron chi connectivity index (χ4n) is 2.10. The number of hydrogen-bond donors (Lipinski definition) is 2. The Bertz CT molecular complexity index is 392. The molecule has 1 amide bonds. The molecule has 2 heterocycles. The van der Waals surface area contributed by atoms with E-state index in [1.807, 2.05) is 25.1 Å². The van der Waals surface area contributed by atoms with Crippen molar-refractivity contribution in [3.8, 4) is 0 Å². The van der Waals surface area contributed by atoms with Crippen LogP contribution in [-0.2, 0) is 11.3 Å². The highest BCUT2D eigenvalue weighted by Gasteiger charge is 2.16. The van der Waals surface area contributed by atoms with Gasteiger partial charge in [-0.15, -0.1) is 0 Å². The first-order valence-corrected chi connectivity index (χ1v) is 6.16. The second kappa shape index (κ2) is 5.77. The largest absolute Gasteiger partial charge is 0.356 e. The number of amides is 1. The van der Waals surface area contributed by atoms with Crippen molar-refractivity contribution in [3.05, 3.63) is 29.6 Å². The predicted molar refractivity (Wildman–Crippen MR) is 66.5 cm³/mol. The quantitative estimate of drug-likeness (QED) is 0.823. The van der Waals surface area contributed by atoms with E-state index in [1.165, 1.54) is 0 Å². The van der Waals surface area contributed by atoms with Crippen LogP contribution in [0, 0.1) is 6.92 Å². The van der Waals surface area contributed by atoms with Gasteiger partial charge in [0, 0.05) is 31.2 Å². The summed E-state index contributed by atoms with van der Waals surface area (Å²) in [6.45, 7) is 3.53. The molecule has 4 nitrogen and oxygen atoms in total. The maximum atomic E-state index is 11.4. The van der Waals surface area contributed by atoms with Gasteiger partial charge in [-0.25, -0.2) is 0 Å². The smallest absolute Gasteiger partial charge is 0.221 e. The molecule has 2 rings (SSSR count). The predicted octanol–water partition coefficient (Wildman–Crippen LogP) is 1.15. The van der Waals surface area contributed by atoms with Gasteiger partial charge in [0.2, 0.25) is 5.91 Å². The van der Waals surface area contributed by atoms with E-state index >= 15 is 0 Å². The molecule has 2 N–H and O–H groups in total. The van der Waals surface area contributed by atoms with Crippen LogP contribution in [0.1, 0.15) is 30.7 Å². The van der Waals surface area contributed by atoms with Gasteiger partial charge in [0.1, 0.15) is 0 Å². The van der Waals surface area contributed by atoms with Crippen LogP contribution in [0.25, 0.3) is 0 Å². The minimum absolute atomic E-state index is 0.150. The monoisotopic (exact) mass is 233 g/mol. The Morgan fingerprint density at radius 3 is 3.24 bits per heavy atom. The van der Waals surface area contributed by atoms with Crippen molar-refractivity contribution in [1.82, 2.24) is 15.6 Å². The number of aromatic nitrogens is 1. The van der Waals surface area contributed by atoms with E-state index in [9.17, 15) is 4.79 Å². The maximum Gasteiger partial charge on any atom is 0.221 e. The Kier molecular flexibility index (Phi) is 4.09. The van der Waals surface area contributed by atoms with Crippen LogP contribution < -0.4 is 10.6 Å². The molecular formula is C13H19N3O. The summed E-state index contributed by atoms with van der Waals surface area (Å²) in [6.07, 6.45) is 2.67. The molecule has 17 heavy (non-hydrogen) atoms. The zero-order chi connectivity index (χ0) is 12.1. The first-order valence-electron chi connectivity index (χ1n) is 6.16. The van der Waals surface area contributed by atoms with Gasteiger partial charge in [0.05, 0.1) is 5.69 Å². The standard InChI is InChI=1S/C13H19N3O/c1-10-4-2-5-12(16-10)9-15-11-6-3-7-14-13(17)8-11/h2,4-5,11,15H,3,6-9H2,1H3,(H,14,17). The second-order valence-corrected chi connectivity index (χ2v) is 4.54. The zero-order valence-corrected chi connectivity index (χ0v) is 10.2. The molecule has 1 atom stereocenters. The third kappa shape index (κ3) is 3.82. The van der Waals surface area contributed by atoms with Crippen molar-refractivity contribution in [3.63, 3.8) is 0 Å². The lowest BCUT2D eigenvalue weighted by molar-refractivity contribution is -0.121. The van der Waals surface area contributed by atoms with E-state index in [2.05, 4.69) is 15.6 Å². The molecule has 1 saturated heterocycles. The fourth-order valence-corrected chi connectivity index (χ4v) is 2.10. The van der Waals surface area contributed by atoms with Gasteiger partial charge < -0.3 is 10.6 Å². The Morgan fingerprint density at radius 1 is 1.53 bits per heavy atom. The molecule has 0 bridgehead atoms. The van der Waals surface area contributed by atoms with Crippen LogP contribution in [-0.4, -0.2) is 23.5 Å². The maximum absolute atomic E-state index is 11.4. The molecule has 1 aromatic heterocycles. The van der Waals surface area contributed by atoms with E-state index in [-0.39, 0.29) is 11.9 Å². The molecule has 0 aromatic carbocycles. The summed E-state index contributed by atoms with van der Waals surface area (Å²) >= 11 is 0. The second-order valence-electron chi connectivity index (χ2n) is 4.54. The summed E-state index contributed by atoms with van der Waals surface area (Å²) in [5.41, 5.74) is 2.07. The van der Waals surface area contributed by atoms with Gasteiger partial charge in [-0.05, 0) is 31.9 Å². The molecule has 1 aromatic rings. The molecule has 1 aliphatic heterocycles. The molecule has 92 valence electrons. The van der Waals surface area contributed by atoms with Gasteiger partial charge >= 0.3 is 0 Å². The van der Waals surface area contributed by atoms with Crippen LogP contribution in [0.15, 0.2) is 18.2 Å². The first-order chi connectivity index (χ1) is 8.24. The summed E-state index contributed by atoms with van der Waals surface area (Å²) in [6, 6.07) is 6.29. The minimum Gasteiger partial charge on any atom is -0.356 e. The topological polar surface area (TPSA) is 54.0 Å². The highest BCUT2D eigenvalue weighted by atomic mass is 16.1. The number of nitrogens with zero attached hydrogens (tertiary/aromatic N) is 1. The zero-order valence-electron chi connectivity index (χ0n) is 10.2. The van der Waals surface area contributed by atoms with Crippen molar-refractivity contribution >= 4 is 5.91 Å². The van der Waals surface area contributed by atoms with Crippen molar-refractivity contribution < 1.29 is 4.79 Å². The average molecular weight is 233 g/mol. The third-order valence-electron chi connectivity index (χ3n) is 3.00. The normalized spacial score (nSPS) is 20.8. The number of nitrogens with one attached hydrogen (secondary N) is 2. The molecule has 1 fully saturated rings. The Morgan fingerprint density at radius 2 is 2.41 bits per heavy atom. The summed E-state index contributed by atoms with van der Waals surface area (Å²) in [5, 5.41) is 6.30. The average Bonchev–Trinajstić information content (AvgIpc) is 2.51. The van der Waals surface area contributed by atoms with Crippen molar-refractivity contribution in [2.75, 3.05) is 6.54 Å². The number of pyridine rings is 1. The van der Waals surface area contributed by atoms with Gasteiger partial charge in [0.15, 0.2) is 0 Å². The van der Waals surface area contributed by atoms with Gasteiger partial charge in [-0.2, -0.15) is 0 Å². The molecule has 0 aliphatic carbocycles. The Labute approximate surface area is 102 Å². The van der Waals surface area contributed by atoms with E-state index in [4.69, 9.17) is 0 Å². The van der Waals surface area contributed by atoms with Crippen LogP contribution >= 0.6 is 0 Å². The van der Waals surface area contributed by atoms with Crippen LogP contribution in [0.2, 0.25) is 0 Å². The van der Waals surface area contributed by atoms with Crippen molar-refractivity contribution in [2.24, 2.45) is 0 Å². The van der Waals surface area contributed by atoms with E-state index in [0.717, 1.165) is 37.3 Å². The van der Waals surface area contributed by atoms with E-state index in [0.29, 0.717) is 6.42 Å². The van der Waals surface area contributed by atoms with Crippen LogP contribution in [0.4, 0.5) is 0 Å². The number of rotatable bonds is 3. The van der Waals surface area contributed by atoms with Gasteiger partial charge in [-0.1, -0.05) is 6.07 Å². The molecule has 4 heteroatoms. The third-order valence-corrected chi connectivity index (χ3v) is 3.00. The van der Waals surface area contributed by atoms with Gasteiger partial charge in [-0.3, -0.25) is 9.78 Å². The molecule has 0 radical (unpaired) electrons. The van der Waals surface area contributed by atoms with E-state index < -0.39 is 0 Å². The molecule has 1 unspecified atom stereocenters. The summed E-state index contributed by atoms with van der Waals surface area (Å²) in [5.74, 6) is 0.150. The number of carbonyl (C=O) groups is 1. The Hall–Kier alpha value is -1.42. The molecule has 0 saturated carbocycles. The lowest BCUT2D eigenvalue weighted by Gasteiger charge is -2.14. The van der Waals surface area contributed by atoms with Crippen molar-refractivity contribution in [1.29, 1.82) is 0 Å². The molecule has 1 aliphatic rings. The summed E-state index contributed by atoms with van der Waals surface area (Å²) < 4.78 is 0. The number of hydrogen-bond acceptors (Lipinski definition) is 3. The lowest BCUT2D eigenvalue weighted by Crippen LogP contribution is -2.32.